The zero-order chi connectivity index (χ0) is 43.7. The summed E-state index contributed by atoms with van der Waals surface area (Å²) in [6, 6.07) is 0. The van der Waals surface area contributed by atoms with Crippen LogP contribution in [-0.2, 0) is 18.9 Å². The summed E-state index contributed by atoms with van der Waals surface area (Å²) < 4.78 is 25.6. The Balaban J connectivity index is 0.817. The molecule has 10 atom stereocenters. The van der Waals surface area contributed by atoms with Gasteiger partial charge in [-0.3, -0.25) is 0 Å². The van der Waals surface area contributed by atoms with E-state index < -0.39 is 0 Å². The van der Waals surface area contributed by atoms with Gasteiger partial charge in [-0.15, -0.1) is 0 Å². The van der Waals surface area contributed by atoms with Gasteiger partial charge in [-0.25, -0.2) is 0 Å². The van der Waals surface area contributed by atoms with Gasteiger partial charge in [0.05, 0.1) is 44.7 Å². The van der Waals surface area contributed by atoms with Gasteiger partial charge in [-0.05, 0) is 168 Å². The Labute approximate surface area is 384 Å². The maximum atomic E-state index is 6.71. The lowest BCUT2D eigenvalue weighted by Gasteiger charge is -2.58. The van der Waals surface area contributed by atoms with Crippen LogP contribution in [-0.4, -0.2) is 51.3 Å². The van der Waals surface area contributed by atoms with Gasteiger partial charge in [0.15, 0.2) is 0 Å². The fourth-order valence-corrected chi connectivity index (χ4v) is 14.8. The zero-order valence-electron chi connectivity index (χ0n) is 41.8. The van der Waals surface area contributed by atoms with Crippen molar-refractivity contribution in [1.82, 2.24) is 0 Å². The van der Waals surface area contributed by atoms with Crippen molar-refractivity contribution in [1.29, 1.82) is 0 Å². The fraction of sp³-hybridized carbons (Fsp3) is 0.897. The Kier molecular flexibility index (Phi) is 20.6. The Morgan fingerprint density at radius 1 is 0.742 bits per heavy atom. The van der Waals surface area contributed by atoms with Crippen LogP contribution in [0.1, 0.15) is 228 Å². The van der Waals surface area contributed by atoms with Crippen LogP contribution in [0.25, 0.3) is 0 Å². The summed E-state index contributed by atoms with van der Waals surface area (Å²) in [6.45, 7) is 18.8. The van der Waals surface area contributed by atoms with Crippen LogP contribution < -0.4 is 0 Å². The summed E-state index contributed by atoms with van der Waals surface area (Å²) in [5.41, 5.74) is 3.50. The highest BCUT2D eigenvalue weighted by atomic mass is 16.6. The van der Waals surface area contributed by atoms with Crippen LogP contribution in [0, 0.1) is 51.8 Å². The molecule has 0 aliphatic heterocycles. The molecule has 6 aliphatic rings. The number of rotatable bonds is 32. The van der Waals surface area contributed by atoms with Crippen molar-refractivity contribution >= 4 is 0 Å². The molecule has 5 fully saturated rings. The second-order valence-corrected chi connectivity index (χ2v) is 23.3. The summed E-state index contributed by atoms with van der Waals surface area (Å²) in [6.07, 6.45) is 51.3. The summed E-state index contributed by atoms with van der Waals surface area (Å²) in [4.78, 5) is 0. The van der Waals surface area contributed by atoms with Crippen molar-refractivity contribution < 1.29 is 18.9 Å². The molecular formula is C58H100O4. The Morgan fingerprint density at radius 2 is 1.52 bits per heavy atom. The molecule has 0 aromatic carbocycles. The molecule has 0 saturated heterocycles. The van der Waals surface area contributed by atoms with E-state index in [2.05, 4.69) is 71.9 Å². The first-order valence-corrected chi connectivity index (χ1v) is 27.5. The average Bonchev–Trinajstić information content (AvgIpc) is 3.54. The number of hydrogen-bond donors (Lipinski definition) is 0. The standard InChI is InChI=1S/C58H100O4/c1-7-8-9-10-11-12-13-14-15-16-17-18-19-20-21-24-37-60-45-52(43-49-28-27-48(4)42-49)61-40-38-59-39-41-62-55(5)33-31-53-51(44-55)30-36-58-46-57(58)35-29-50(26-23-22-25-47(2)3)54(57)32-34-56(53,58)6/h11-12,14-15,30,47-50,52-54H,7-10,13,16-29,31-46H2,1-6H3/b12-11-,15-14-/t48?,49?,50-,52?,53?,54?,55-,56+,57-,58-/m0/s1. The number of allylic oxidation sites excluding steroid dienone is 5. The van der Waals surface area contributed by atoms with Gasteiger partial charge in [0.1, 0.15) is 0 Å². The van der Waals surface area contributed by atoms with Gasteiger partial charge in [0, 0.05) is 6.61 Å². The first-order valence-electron chi connectivity index (χ1n) is 27.5. The van der Waals surface area contributed by atoms with Crippen molar-refractivity contribution in [2.24, 2.45) is 51.8 Å². The van der Waals surface area contributed by atoms with Crippen molar-refractivity contribution in [3.05, 3.63) is 36.0 Å². The zero-order valence-corrected chi connectivity index (χ0v) is 41.8. The molecule has 2 spiro atoms. The Bertz CT molecular complexity index is 1370. The van der Waals surface area contributed by atoms with E-state index in [1.54, 1.807) is 12.0 Å². The molecule has 0 aromatic rings. The molecule has 0 radical (unpaired) electrons. The molecule has 0 heterocycles. The second-order valence-electron chi connectivity index (χ2n) is 23.3. The van der Waals surface area contributed by atoms with Crippen LogP contribution >= 0.6 is 0 Å². The summed E-state index contributed by atoms with van der Waals surface area (Å²) >= 11 is 0. The molecule has 4 heteroatoms. The van der Waals surface area contributed by atoms with Gasteiger partial charge in [-0.2, -0.15) is 0 Å². The minimum Gasteiger partial charge on any atom is -0.379 e. The minimum absolute atomic E-state index is 0.0566. The lowest BCUT2D eigenvalue weighted by molar-refractivity contribution is -0.0996. The Morgan fingerprint density at radius 3 is 2.29 bits per heavy atom. The third kappa shape index (κ3) is 13.6. The quantitative estimate of drug-likeness (QED) is 0.0499. The van der Waals surface area contributed by atoms with Crippen molar-refractivity contribution in [2.45, 2.75) is 239 Å². The molecule has 62 heavy (non-hydrogen) atoms. The number of unbranched alkanes of at least 4 members (excludes halogenated alkanes) is 10. The molecule has 356 valence electrons. The van der Waals surface area contributed by atoms with Gasteiger partial charge in [0.2, 0.25) is 0 Å². The third-order valence-corrected chi connectivity index (χ3v) is 18.3. The van der Waals surface area contributed by atoms with Gasteiger partial charge in [0.25, 0.3) is 0 Å². The first-order chi connectivity index (χ1) is 30.1. The summed E-state index contributed by atoms with van der Waals surface area (Å²) in [7, 11) is 0. The molecule has 5 saturated carbocycles. The van der Waals surface area contributed by atoms with Gasteiger partial charge >= 0.3 is 0 Å². The predicted molar refractivity (Wildman–Crippen MR) is 263 cm³/mol. The van der Waals surface area contributed by atoms with Gasteiger partial charge in [-0.1, -0.05) is 148 Å². The summed E-state index contributed by atoms with van der Waals surface area (Å²) in [5, 5.41) is 0. The monoisotopic (exact) mass is 861 g/mol. The van der Waals surface area contributed by atoms with Crippen LogP contribution in [0.2, 0.25) is 0 Å². The minimum atomic E-state index is -0.0566. The molecule has 0 amide bonds. The average molecular weight is 861 g/mol. The second kappa shape index (κ2) is 25.3. The van der Waals surface area contributed by atoms with E-state index in [1.165, 1.54) is 154 Å². The SMILES string of the molecule is CCCCC/C=C\C/C=C\CCCCCCCCOCC(CC1CCC(C)C1)OCCOCCO[C@@]1(C)CCC2C(=CC[C@@]34C[C@]35CC[C@H](CCCCC(C)C)C5CC[C@]24C)C1. The molecular weight excluding hydrogens is 761 g/mol. The highest BCUT2D eigenvalue weighted by molar-refractivity contribution is 5.36. The molecule has 5 unspecified atom stereocenters. The predicted octanol–water partition coefficient (Wildman–Crippen LogP) is 16.4. The van der Waals surface area contributed by atoms with E-state index in [4.69, 9.17) is 18.9 Å². The van der Waals surface area contributed by atoms with E-state index in [9.17, 15) is 0 Å². The lowest BCUT2D eigenvalue weighted by atomic mass is 9.47. The van der Waals surface area contributed by atoms with Gasteiger partial charge < -0.3 is 18.9 Å². The van der Waals surface area contributed by atoms with Crippen LogP contribution in [0.3, 0.4) is 0 Å². The van der Waals surface area contributed by atoms with Crippen LogP contribution in [0.15, 0.2) is 36.0 Å². The fourth-order valence-electron chi connectivity index (χ4n) is 14.8. The summed E-state index contributed by atoms with van der Waals surface area (Å²) in [5.74, 6) is 5.32. The number of ether oxygens (including phenoxy) is 4. The molecule has 6 aliphatic carbocycles. The maximum absolute atomic E-state index is 6.71. The highest BCUT2D eigenvalue weighted by Gasteiger charge is 2.81. The maximum Gasteiger partial charge on any atom is 0.0812 e. The molecule has 0 bridgehead atoms. The Hall–Kier alpha value is -0.940. The van der Waals surface area contributed by atoms with E-state index in [0.29, 0.717) is 42.7 Å². The molecule has 0 N–H and O–H groups in total. The van der Waals surface area contributed by atoms with E-state index in [-0.39, 0.29) is 11.7 Å². The smallest absolute Gasteiger partial charge is 0.0812 e. The normalized spacial score (nSPS) is 34.4. The van der Waals surface area contributed by atoms with E-state index in [0.717, 1.165) is 74.4 Å². The third-order valence-electron chi connectivity index (χ3n) is 18.3. The number of hydrogen-bond acceptors (Lipinski definition) is 4. The topological polar surface area (TPSA) is 36.9 Å². The van der Waals surface area contributed by atoms with Crippen molar-refractivity contribution in [3.8, 4) is 0 Å². The van der Waals surface area contributed by atoms with Crippen molar-refractivity contribution in [3.63, 3.8) is 0 Å². The highest BCUT2D eigenvalue weighted by Crippen LogP contribution is 2.88. The van der Waals surface area contributed by atoms with Crippen LogP contribution in [0.5, 0.6) is 0 Å². The molecule has 6 rings (SSSR count). The molecule has 0 aromatic heterocycles. The molecule has 4 nitrogen and oxygen atoms in total. The lowest BCUT2D eigenvalue weighted by Crippen LogP contribution is -2.51. The largest absolute Gasteiger partial charge is 0.379 e. The van der Waals surface area contributed by atoms with Crippen molar-refractivity contribution in [2.75, 3.05) is 39.6 Å². The van der Waals surface area contributed by atoms with E-state index in [1.807, 2.05) is 0 Å². The van der Waals surface area contributed by atoms with E-state index >= 15 is 0 Å². The number of fused-ring (bicyclic) bond motifs is 2. The first kappa shape index (κ1) is 50.5. The van der Waals surface area contributed by atoms with Crippen LogP contribution in [0.4, 0.5) is 0 Å².